The van der Waals surface area contributed by atoms with E-state index in [0.29, 0.717) is 12.5 Å². The van der Waals surface area contributed by atoms with Crippen LogP contribution in [0.15, 0.2) is 0 Å². The number of primary amides is 1. The van der Waals surface area contributed by atoms with E-state index in [1.165, 1.54) is 0 Å². The largest absolute Gasteiger partial charge is 0.370 e. The summed E-state index contributed by atoms with van der Waals surface area (Å²) in [6.07, 6.45) is 1.50. The molecule has 0 saturated carbocycles. The second kappa shape index (κ2) is 5.19. The predicted molar refractivity (Wildman–Crippen MR) is 52.3 cm³/mol. The van der Waals surface area contributed by atoms with Crippen molar-refractivity contribution in [3.63, 3.8) is 0 Å². The van der Waals surface area contributed by atoms with Gasteiger partial charge in [0.1, 0.15) is 0 Å². The average molecular weight is 185 g/mol. The highest BCUT2D eigenvalue weighted by molar-refractivity contribution is 5.74. The number of piperazine rings is 1. The molecule has 4 nitrogen and oxygen atoms in total. The summed E-state index contributed by atoms with van der Waals surface area (Å²) >= 11 is 0. The molecule has 1 saturated heterocycles. The van der Waals surface area contributed by atoms with Crippen LogP contribution < -0.4 is 11.1 Å². The zero-order valence-corrected chi connectivity index (χ0v) is 8.25. The summed E-state index contributed by atoms with van der Waals surface area (Å²) < 4.78 is 0. The van der Waals surface area contributed by atoms with Crippen LogP contribution in [0.1, 0.15) is 19.8 Å². The third-order valence-electron chi connectivity index (χ3n) is 2.58. The van der Waals surface area contributed by atoms with Crippen LogP contribution in [0.2, 0.25) is 0 Å². The van der Waals surface area contributed by atoms with Gasteiger partial charge in [0.05, 0.1) is 0 Å². The maximum Gasteiger partial charge on any atom is 0.218 e. The lowest BCUT2D eigenvalue weighted by Gasteiger charge is -2.33. The Bertz CT molecular complexity index is 166. The Morgan fingerprint density at radius 1 is 1.54 bits per heavy atom. The first-order chi connectivity index (χ1) is 6.24. The zero-order chi connectivity index (χ0) is 9.68. The number of rotatable bonds is 4. The number of nitrogens with zero attached hydrogens (tertiary/aromatic N) is 1. The molecule has 76 valence electrons. The van der Waals surface area contributed by atoms with Crippen LogP contribution in [0.3, 0.4) is 0 Å². The van der Waals surface area contributed by atoms with Gasteiger partial charge in [0.2, 0.25) is 5.91 Å². The fraction of sp³-hybridized carbons (Fsp3) is 0.889. The molecule has 0 aromatic rings. The molecule has 1 aliphatic heterocycles. The van der Waals surface area contributed by atoms with Crippen LogP contribution in [0.4, 0.5) is 0 Å². The number of carbonyl (C=O) groups is 1. The van der Waals surface area contributed by atoms with Crippen molar-refractivity contribution in [3.8, 4) is 0 Å². The number of nitrogens with one attached hydrogen (secondary N) is 1. The Kier molecular flexibility index (Phi) is 4.18. The van der Waals surface area contributed by atoms with Crippen LogP contribution >= 0.6 is 0 Å². The van der Waals surface area contributed by atoms with Gasteiger partial charge in [0.15, 0.2) is 0 Å². The summed E-state index contributed by atoms with van der Waals surface area (Å²) in [7, 11) is 0. The highest BCUT2D eigenvalue weighted by Gasteiger charge is 2.19. The van der Waals surface area contributed by atoms with Crippen molar-refractivity contribution < 1.29 is 4.79 Å². The Morgan fingerprint density at radius 3 is 2.62 bits per heavy atom. The van der Waals surface area contributed by atoms with E-state index in [2.05, 4.69) is 17.1 Å². The first kappa shape index (κ1) is 10.5. The fourth-order valence-corrected chi connectivity index (χ4v) is 1.81. The van der Waals surface area contributed by atoms with E-state index in [4.69, 9.17) is 5.73 Å². The summed E-state index contributed by atoms with van der Waals surface area (Å²) in [6, 6.07) is 0.347. The average Bonchev–Trinajstić information content (AvgIpc) is 2.15. The van der Waals surface area contributed by atoms with Crippen molar-refractivity contribution in [2.24, 2.45) is 5.73 Å². The molecule has 0 bridgehead atoms. The minimum absolute atomic E-state index is 0.189. The topological polar surface area (TPSA) is 58.4 Å². The summed E-state index contributed by atoms with van der Waals surface area (Å²) in [5.74, 6) is -0.189. The van der Waals surface area contributed by atoms with Crippen molar-refractivity contribution in [1.82, 2.24) is 10.2 Å². The summed E-state index contributed by atoms with van der Waals surface area (Å²) in [6.45, 7) is 6.22. The molecule has 4 heteroatoms. The third kappa shape index (κ3) is 3.32. The van der Waals surface area contributed by atoms with Crippen LogP contribution in [-0.2, 0) is 4.79 Å². The molecule has 1 unspecified atom stereocenters. The quantitative estimate of drug-likeness (QED) is 0.623. The van der Waals surface area contributed by atoms with Gasteiger partial charge < -0.3 is 11.1 Å². The van der Waals surface area contributed by atoms with E-state index in [0.717, 1.165) is 32.6 Å². The van der Waals surface area contributed by atoms with E-state index in [9.17, 15) is 4.79 Å². The molecule has 0 aromatic heterocycles. The standard InChI is InChI=1S/C9H19N3O/c1-2-8(7-9(10)13)12-5-3-11-4-6-12/h8,11H,2-7H2,1H3,(H2,10,13). The molecule has 1 aliphatic rings. The molecule has 1 rings (SSSR count). The van der Waals surface area contributed by atoms with Crippen LogP contribution in [0.25, 0.3) is 0 Å². The lowest BCUT2D eigenvalue weighted by Crippen LogP contribution is -2.49. The molecule has 1 atom stereocenters. The number of hydrogen-bond donors (Lipinski definition) is 2. The lowest BCUT2D eigenvalue weighted by atomic mass is 10.1. The number of nitrogens with two attached hydrogens (primary N) is 1. The highest BCUT2D eigenvalue weighted by Crippen LogP contribution is 2.08. The van der Waals surface area contributed by atoms with E-state index >= 15 is 0 Å². The van der Waals surface area contributed by atoms with Gasteiger partial charge in [-0.25, -0.2) is 0 Å². The van der Waals surface area contributed by atoms with Gasteiger partial charge >= 0.3 is 0 Å². The minimum atomic E-state index is -0.189. The Balaban J connectivity index is 2.39. The molecule has 0 aromatic carbocycles. The molecule has 13 heavy (non-hydrogen) atoms. The third-order valence-corrected chi connectivity index (χ3v) is 2.58. The maximum absolute atomic E-state index is 10.8. The van der Waals surface area contributed by atoms with Gasteiger partial charge in [-0.2, -0.15) is 0 Å². The Hall–Kier alpha value is -0.610. The molecular formula is C9H19N3O. The summed E-state index contributed by atoms with van der Waals surface area (Å²) in [4.78, 5) is 13.1. The number of amides is 1. The molecule has 0 spiro atoms. The fourth-order valence-electron chi connectivity index (χ4n) is 1.81. The number of carbonyl (C=O) groups excluding carboxylic acids is 1. The van der Waals surface area contributed by atoms with Crippen molar-refractivity contribution >= 4 is 5.91 Å². The van der Waals surface area contributed by atoms with Crippen LogP contribution in [-0.4, -0.2) is 43.0 Å². The van der Waals surface area contributed by atoms with E-state index in [-0.39, 0.29) is 5.91 Å². The Morgan fingerprint density at radius 2 is 2.15 bits per heavy atom. The monoisotopic (exact) mass is 185 g/mol. The lowest BCUT2D eigenvalue weighted by molar-refractivity contribution is -0.119. The first-order valence-electron chi connectivity index (χ1n) is 4.97. The maximum atomic E-state index is 10.8. The first-order valence-corrected chi connectivity index (χ1v) is 4.97. The molecule has 0 radical (unpaired) electrons. The number of hydrogen-bond acceptors (Lipinski definition) is 3. The van der Waals surface area contributed by atoms with Gasteiger partial charge in [0, 0.05) is 38.6 Å². The molecular weight excluding hydrogens is 166 g/mol. The minimum Gasteiger partial charge on any atom is -0.370 e. The highest BCUT2D eigenvalue weighted by atomic mass is 16.1. The van der Waals surface area contributed by atoms with Crippen molar-refractivity contribution in [2.45, 2.75) is 25.8 Å². The van der Waals surface area contributed by atoms with Gasteiger partial charge in [-0.15, -0.1) is 0 Å². The molecule has 1 heterocycles. The van der Waals surface area contributed by atoms with Crippen molar-refractivity contribution in [3.05, 3.63) is 0 Å². The smallest absolute Gasteiger partial charge is 0.218 e. The van der Waals surface area contributed by atoms with Gasteiger partial charge in [-0.05, 0) is 6.42 Å². The molecule has 1 amide bonds. The predicted octanol–water partition coefficient (Wildman–Crippen LogP) is -0.454. The molecule has 1 fully saturated rings. The van der Waals surface area contributed by atoms with E-state index < -0.39 is 0 Å². The SMILES string of the molecule is CCC(CC(N)=O)N1CCNCC1. The van der Waals surface area contributed by atoms with E-state index in [1.54, 1.807) is 0 Å². The Labute approximate surface area is 79.5 Å². The second-order valence-corrected chi connectivity index (χ2v) is 3.52. The van der Waals surface area contributed by atoms with Crippen molar-refractivity contribution in [2.75, 3.05) is 26.2 Å². The summed E-state index contributed by atoms with van der Waals surface area (Å²) in [5.41, 5.74) is 5.19. The van der Waals surface area contributed by atoms with E-state index in [1.807, 2.05) is 0 Å². The molecule has 0 aliphatic carbocycles. The molecule has 3 N–H and O–H groups in total. The van der Waals surface area contributed by atoms with Crippen molar-refractivity contribution in [1.29, 1.82) is 0 Å². The van der Waals surface area contributed by atoms with Gasteiger partial charge in [0.25, 0.3) is 0 Å². The van der Waals surface area contributed by atoms with Crippen LogP contribution in [0.5, 0.6) is 0 Å². The summed E-state index contributed by atoms with van der Waals surface area (Å²) in [5, 5.41) is 3.29. The van der Waals surface area contributed by atoms with Gasteiger partial charge in [-0.3, -0.25) is 9.69 Å². The normalized spacial score (nSPS) is 21.3. The van der Waals surface area contributed by atoms with Crippen LogP contribution in [0, 0.1) is 0 Å². The zero-order valence-electron chi connectivity index (χ0n) is 8.25. The van der Waals surface area contributed by atoms with Gasteiger partial charge in [-0.1, -0.05) is 6.92 Å². The second-order valence-electron chi connectivity index (χ2n) is 3.52.